The molecule has 0 aliphatic carbocycles. The summed E-state index contributed by atoms with van der Waals surface area (Å²) in [6, 6.07) is 5.08. The Kier molecular flexibility index (Phi) is 5.03. The van der Waals surface area contributed by atoms with Gasteiger partial charge in [-0.25, -0.2) is 0 Å². The fourth-order valence-electron chi connectivity index (χ4n) is 0.849. The number of nitrogens with two attached hydrogens (primary N) is 1. The molecule has 0 spiro atoms. The molecule has 0 unspecified atom stereocenters. The first-order valence-corrected chi connectivity index (χ1v) is 3.40. The Morgan fingerprint density at radius 3 is 1.62 bits per heavy atom. The summed E-state index contributed by atoms with van der Waals surface area (Å²) in [7, 11) is 3.13. The van der Waals surface area contributed by atoms with Gasteiger partial charge < -0.3 is 14.3 Å². The quantitative estimate of drug-likeness (QED) is 0.758. The van der Waals surface area contributed by atoms with Gasteiger partial charge in [-0.3, -0.25) is 0 Å². The van der Waals surface area contributed by atoms with Gasteiger partial charge >= 0.3 is 0 Å². The third-order valence-corrected chi connectivity index (χ3v) is 1.46. The van der Waals surface area contributed by atoms with E-state index >= 15 is 0 Å². The minimum atomic E-state index is 0. The zero-order chi connectivity index (χ0) is 8.97. The molecule has 4 nitrogen and oxygen atoms in total. The van der Waals surface area contributed by atoms with Crippen LogP contribution in [0.15, 0.2) is 18.2 Å². The van der Waals surface area contributed by atoms with Crippen molar-refractivity contribution in [2.45, 2.75) is 0 Å². The highest BCUT2D eigenvalue weighted by molar-refractivity contribution is 5.85. The van der Waals surface area contributed by atoms with E-state index in [0.29, 0.717) is 17.2 Å². The summed E-state index contributed by atoms with van der Waals surface area (Å²) in [4.78, 5) is 4.54. The highest BCUT2D eigenvalue weighted by atomic mass is 35.5. The molecule has 1 aromatic rings. The number of halogens is 1. The second-order valence-electron chi connectivity index (χ2n) is 2.17. The van der Waals surface area contributed by atoms with Gasteiger partial charge in [0.25, 0.3) is 0 Å². The Balaban J connectivity index is 0.00000144. The summed E-state index contributed by atoms with van der Waals surface area (Å²) >= 11 is 0. The van der Waals surface area contributed by atoms with Crippen molar-refractivity contribution in [1.29, 1.82) is 0 Å². The van der Waals surface area contributed by atoms with Crippen LogP contribution in [0.1, 0.15) is 0 Å². The minimum absolute atomic E-state index is 0. The second kappa shape index (κ2) is 5.50. The molecule has 0 radical (unpaired) electrons. The normalized spacial score (nSPS) is 8.54. The average Bonchev–Trinajstić information content (AvgIpc) is 2.16. The van der Waals surface area contributed by atoms with Crippen molar-refractivity contribution in [2.75, 3.05) is 14.2 Å². The van der Waals surface area contributed by atoms with Crippen molar-refractivity contribution in [3.8, 4) is 17.2 Å². The molecule has 0 fully saturated rings. The summed E-state index contributed by atoms with van der Waals surface area (Å²) in [5.74, 6) is 6.79. The highest BCUT2D eigenvalue weighted by Gasteiger charge is 2.00. The molecule has 13 heavy (non-hydrogen) atoms. The van der Waals surface area contributed by atoms with Gasteiger partial charge in [0.1, 0.15) is 11.5 Å². The smallest absolute Gasteiger partial charge is 0.154 e. The molecule has 0 bridgehead atoms. The predicted octanol–water partition coefficient (Wildman–Crippen LogP) is 1.38. The van der Waals surface area contributed by atoms with E-state index in [1.165, 1.54) is 0 Å². The molecule has 0 aromatic heterocycles. The van der Waals surface area contributed by atoms with Crippen molar-refractivity contribution in [1.82, 2.24) is 0 Å². The summed E-state index contributed by atoms with van der Waals surface area (Å²) < 4.78 is 9.97. The first-order valence-electron chi connectivity index (χ1n) is 3.40. The third kappa shape index (κ3) is 3.01. The molecule has 0 amide bonds. The number of hydrogen-bond donors (Lipinski definition) is 1. The summed E-state index contributed by atoms with van der Waals surface area (Å²) in [5.41, 5.74) is 0. The number of ether oxygens (including phenoxy) is 2. The SMILES string of the molecule is COc1cc(OC)cc(ON)c1.Cl. The van der Waals surface area contributed by atoms with E-state index in [9.17, 15) is 0 Å². The lowest BCUT2D eigenvalue weighted by Gasteiger charge is -2.06. The maximum atomic E-state index is 4.99. The van der Waals surface area contributed by atoms with Crippen molar-refractivity contribution >= 4 is 12.4 Å². The summed E-state index contributed by atoms with van der Waals surface area (Å²) in [6.07, 6.45) is 0. The predicted molar refractivity (Wildman–Crippen MR) is 51.6 cm³/mol. The number of benzene rings is 1. The van der Waals surface area contributed by atoms with Crippen LogP contribution < -0.4 is 20.2 Å². The number of hydrogen-bond acceptors (Lipinski definition) is 4. The lowest BCUT2D eigenvalue weighted by Crippen LogP contribution is -2.02. The maximum Gasteiger partial charge on any atom is 0.154 e. The molecule has 1 aromatic carbocycles. The monoisotopic (exact) mass is 205 g/mol. The molecule has 0 saturated carbocycles. The van der Waals surface area contributed by atoms with Crippen LogP contribution in [0.2, 0.25) is 0 Å². The van der Waals surface area contributed by atoms with E-state index in [2.05, 4.69) is 4.84 Å². The Morgan fingerprint density at radius 1 is 0.923 bits per heavy atom. The van der Waals surface area contributed by atoms with Gasteiger partial charge in [0.2, 0.25) is 0 Å². The van der Waals surface area contributed by atoms with Crippen LogP contribution in [-0.4, -0.2) is 14.2 Å². The first kappa shape index (κ1) is 11.9. The molecule has 2 N–H and O–H groups in total. The van der Waals surface area contributed by atoms with Crippen molar-refractivity contribution in [3.05, 3.63) is 18.2 Å². The van der Waals surface area contributed by atoms with E-state index in [-0.39, 0.29) is 12.4 Å². The van der Waals surface area contributed by atoms with E-state index in [1.54, 1.807) is 32.4 Å². The van der Waals surface area contributed by atoms with Gasteiger partial charge in [-0.2, -0.15) is 5.90 Å². The zero-order valence-electron chi connectivity index (χ0n) is 7.44. The average molecular weight is 206 g/mol. The zero-order valence-corrected chi connectivity index (χ0v) is 8.26. The Morgan fingerprint density at radius 2 is 1.31 bits per heavy atom. The standard InChI is InChI=1S/C8H11NO3.ClH/c1-10-6-3-7(11-2)5-8(4-6)12-9;/h3-5H,9H2,1-2H3;1H. The maximum absolute atomic E-state index is 4.99. The molecule has 0 aliphatic heterocycles. The van der Waals surface area contributed by atoms with Crippen molar-refractivity contribution in [2.24, 2.45) is 5.90 Å². The van der Waals surface area contributed by atoms with Crippen molar-refractivity contribution in [3.63, 3.8) is 0 Å². The van der Waals surface area contributed by atoms with E-state index < -0.39 is 0 Å². The summed E-state index contributed by atoms with van der Waals surface area (Å²) in [5, 5.41) is 0. The van der Waals surface area contributed by atoms with Crippen LogP contribution in [0.25, 0.3) is 0 Å². The van der Waals surface area contributed by atoms with Crippen LogP contribution in [0.4, 0.5) is 0 Å². The van der Waals surface area contributed by atoms with Crippen LogP contribution in [-0.2, 0) is 0 Å². The molecule has 0 saturated heterocycles. The van der Waals surface area contributed by atoms with Crippen LogP contribution in [0.5, 0.6) is 17.2 Å². The third-order valence-electron chi connectivity index (χ3n) is 1.46. The molecular weight excluding hydrogens is 194 g/mol. The molecule has 5 heteroatoms. The largest absolute Gasteiger partial charge is 0.496 e. The van der Waals surface area contributed by atoms with Crippen LogP contribution >= 0.6 is 12.4 Å². The van der Waals surface area contributed by atoms with E-state index in [4.69, 9.17) is 15.4 Å². The molecule has 1 rings (SSSR count). The van der Waals surface area contributed by atoms with Gasteiger partial charge in [0.15, 0.2) is 5.75 Å². The van der Waals surface area contributed by atoms with Crippen LogP contribution in [0.3, 0.4) is 0 Å². The van der Waals surface area contributed by atoms with Gasteiger partial charge in [-0.05, 0) is 0 Å². The lowest BCUT2D eigenvalue weighted by molar-refractivity contribution is 0.325. The Hall–Kier alpha value is -1.13. The number of rotatable bonds is 3. The second-order valence-corrected chi connectivity index (χ2v) is 2.17. The fraction of sp³-hybridized carbons (Fsp3) is 0.250. The van der Waals surface area contributed by atoms with Crippen molar-refractivity contribution < 1.29 is 14.3 Å². The molecule has 0 aliphatic rings. The van der Waals surface area contributed by atoms with E-state index in [0.717, 1.165) is 0 Å². The van der Waals surface area contributed by atoms with Gasteiger partial charge in [0.05, 0.1) is 14.2 Å². The molecule has 0 atom stereocenters. The Bertz CT molecular complexity index is 212. The number of methoxy groups -OCH3 is 2. The minimum Gasteiger partial charge on any atom is -0.496 e. The molecule has 74 valence electrons. The molecular formula is C8H12ClNO3. The van der Waals surface area contributed by atoms with Crippen LogP contribution in [0, 0.1) is 0 Å². The highest BCUT2D eigenvalue weighted by Crippen LogP contribution is 2.26. The van der Waals surface area contributed by atoms with Gasteiger partial charge in [-0.1, -0.05) is 0 Å². The summed E-state index contributed by atoms with van der Waals surface area (Å²) in [6.45, 7) is 0. The fourth-order valence-corrected chi connectivity index (χ4v) is 0.849. The lowest BCUT2D eigenvalue weighted by atomic mass is 10.3. The first-order chi connectivity index (χ1) is 5.80. The van der Waals surface area contributed by atoms with E-state index in [1.807, 2.05) is 0 Å². The molecule has 0 heterocycles. The van der Waals surface area contributed by atoms with Gasteiger partial charge in [0, 0.05) is 18.2 Å². The Labute approximate surface area is 82.9 Å². The topological polar surface area (TPSA) is 53.7 Å². The van der Waals surface area contributed by atoms with Gasteiger partial charge in [-0.15, -0.1) is 12.4 Å².